The zero-order chi connectivity index (χ0) is 21.1. The van der Waals surface area contributed by atoms with E-state index < -0.39 is 5.82 Å². The molecule has 2 aromatic heterocycles. The number of aromatic nitrogens is 3. The summed E-state index contributed by atoms with van der Waals surface area (Å²) in [6.07, 6.45) is 1.58. The van der Waals surface area contributed by atoms with Crippen molar-refractivity contribution in [3.8, 4) is 5.69 Å². The Kier molecular flexibility index (Phi) is 5.91. The van der Waals surface area contributed by atoms with Crippen LogP contribution in [0.2, 0.25) is 0 Å². The molecule has 0 atom stereocenters. The highest BCUT2D eigenvalue weighted by molar-refractivity contribution is 9.10. The smallest absolute Gasteiger partial charge is 0.266 e. The molecule has 9 heteroatoms. The number of carbonyl (C=O) groups is 1. The summed E-state index contributed by atoms with van der Waals surface area (Å²) in [5.41, 5.74) is 0.708. The van der Waals surface area contributed by atoms with Crippen LogP contribution in [0.5, 0.6) is 0 Å². The van der Waals surface area contributed by atoms with Crippen LogP contribution in [0.3, 0.4) is 0 Å². The molecule has 2 heterocycles. The van der Waals surface area contributed by atoms with E-state index >= 15 is 0 Å². The first-order valence-electron chi connectivity index (χ1n) is 8.83. The number of amides is 1. The lowest BCUT2D eigenvalue weighted by Crippen LogP contribution is -2.23. The molecule has 0 aliphatic carbocycles. The Morgan fingerprint density at radius 1 is 1.10 bits per heavy atom. The van der Waals surface area contributed by atoms with Gasteiger partial charge in [-0.05, 0) is 64.5 Å². The Hall–Kier alpha value is -3.04. The van der Waals surface area contributed by atoms with E-state index in [0.29, 0.717) is 27.6 Å². The number of nitrogens with one attached hydrogen (secondary N) is 1. The fraction of sp³-hybridized carbons (Fsp3) is 0.0476. The molecule has 150 valence electrons. The zero-order valence-electron chi connectivity index (χ0n) is 15.4. The molecule has 0 aliphatic heterocycles. The fourth-order valence-corrected chi connectivity index (χ4v) is 3.83. The van der Waals surface area contributed by atoms with Gasteiger partial charge < -0.3 is 5.32 Å². The zero-order valence-corrected chi connectivity index (χ0v) is 17.8. The molecule has 0 radical (unpaired) electrons. The lowest BCUT2D eigenvalue weighted by molar-refractivity contribution is -0.113. The Morgan fingerprint density at radius 3 is 2.60 bits per heavy atom. The Morgan fingerprint density at radius 2 is 1.87 bits per heavy atom. The van der Waals surface area contributed by atoms with Gasteiger partial charge in [-0.2, -0.15) is 0 Å². The van der Waals surface area contributed by atoms with Gasteiger partial charge in [-0.1, -0.05) is 23.9 Å². The van der Waals surface area contributed by atoms with E-state index in [2.05, 4.69) is 31.2 Å². The van der Waals surface area contributed by atoms with Crippen molar-refractivity contribution >= 4 is 50.3 Å². The van der Waals surface area contributed by atoms with Crippen LogP contribution in [0.25, 0.3) is 16.6 Å². The number of hydrogen-bond acceptors (Lipinski definition) is 5. The first kappa shape index (κ1) is 20.2. The number of hydrogen-bond donors (Lipinski definition) is 1. The highest BCUT2D eigenvalue weighted by atomic mass is 79.9. The predicted molar refractivity (Wildman–Crippen MR) is 119 cm³/mol. The normalized spacial score (nSPS) is 10.9. The maximum absolute atomic E-state index is 13.4. The molecular formula is C21H14BrFN4O2S. The van der Waals surface area contributed by atoms with Crippen LogP contribution in [0.15, 0.2) is 81.3 Å². The van der Waals surface area contributed by atoms with Crippen LogP contribution < -0.4 is 10.9 Å². The molecule has 0 bridgehead atoms. The molecule has 4 rings (SSSR count). The summed E-state index contributed by atoms with van der Waals surface area (Å²) in [6.45, 7) is 0. The number of nitrogens with zero attached hydrogens (tertiary/aromatic N) is 3. The van der Waals surface area contributed by atoms with Crippen molar-refractivity contribution in [2.24, 2.45) is 0 Å². The molecule has 1 amide bonds. The number of benzene rings is 2. The van der Waals surface area contributed by atoms with Crippen molar-refractivity contribution in [1.29, 1.82) is 0 Å². The van der Waals surface area contributed by atoms with E-state index in [4.69, 9.17) is 0 Å². The van der Waals surface area contributed by atoms with Gasteiger partial charge in [0.2, 0.25) is 5.91 Å². The second-order valence-electron chi connectivity index (χ2n) is 6.23. The van der Waals surface area contributed by atoms with Crippen LogP contribution >= 0.6 is 27.7 Å². The van der Waals surface area contributed by atoms with Gasteiger partial charge in [-0.3, -0.25) is 14.2 Å². The summed E-state index contributed by atoms with van der Waals surface area (Å²) in [4.78, 5) is 34.1. The molecule has 0 aliphatic rings. The van der Waals surface area contributed by atoms with Crippen LogP contribution in [0.4, 0.5) is 10.2 Å². The molecule has 6 nitrogen and oxygen atoms in total. The van der Waals surface area contributed by atoms with Crippen molar-refractivity contribution < 1.29 is 9.18 Å². The maximum Gasteiger partial charge on any atom is 0.266 e. The quantitative estimate of drug-likeness (QED) is 0.335. The van der Waals surface area contributed by atoms with E-state index in [0.717, 1.165) is 16.2 Å². The average molecular weight is 485 g/mol. The molecule has 0 spiro atoms. The average Bonchev–Trinajstić information content (AvgIpc) is 2.75. The summed E-state index contributed by atoms with van der Waals surface area (Å²) >= 11 is 4.41. The Labute approximate surface area is 183 Å². The van der Waals surface area contributed by atoms with Gasteiger partial charge in [-0.25, -0.2) is 14.4 Å². The second-order valence-corrected chi connectivity index (χ2v) is 8.09. The molecule has 30 heavy (non-hydrogen) atoms. The molecule has 0 saturated carbocycles. The van der Waals surface area contributed by atoms with Gasteiger partial charge in [0, 0.05) is 10.7 Å². The maximum atomic E-state index is 13.4. The molecule has 2 aromatic carbocycles. The Balaban J connectivity index is 1.66. The summed E-state index contributed by atoms with van der Waals surface area (Å²) < 4.78 is 15.6. The van der Waals surface area contributed by atoms with Gasteiger partial charge in [-0.15, -0.1) is 0 Å². The topological polar surface area (TPSA) is 76.9 Å². The lowest BCUT2D eigenvalue weighted by atomic mass is 10.2. The SMILES string of the molecule is O=C(CSc1nc2ccccc2c(=O)n1-c1ccc(F)cc1)Nc1ccc(Br)cn1. The highest BCUT2D eigenvalue weighted by Gasteiger charge is 2.15. The first-order valence-corrected chi connectivity index (χ1v) is 10.6. The fourth-order valence-electron chi connectivity index (χ4n) is 2.79. The number of thioether (sulfide) groups is 1. The molecule has 4 aromatic rings. The van der Waals surface area contributed by atoms with Gasteiger partial charge in [0.1, 0.15) is 11.6 Å². The third kappa shape index (κ3) is 4.42. The standard InChI is InChI=1S/C21H14BrFN4O2S/c22-13-5-10-18(24-11-13)26-19(28)12-30-21-25-17-4-2-1-3-16(17)20(29)27(21)15-8-6-14(23)7-9-15/h1-11H,12H2,(H,24,26,28). The predicted octanol–water partition coefficient (Wildman–Crippen LogP) is 4.41. The van der Waals surface area contributed by atoms with Crippen molar-refractivity contribution in [2.45, 2.75) is 5.16 Å². The number of anilines is 1. The van der Waals surface area contributed by atoms with Crippen molar-refractivity contribution in [2.75, 3.05) is 11.1 Å². The van der Waals surface area contributed by atoms with E-state index in [1.807, 2.05) is 0 Å². The summed E-state index contributed by atoms with van der Waals surface area (Å²) in [5.74, 6) is -0.255. The van der Waals surface area contributed by atoms with Crippen LogP contribution in [0, 0.1) is 5.82 Å². The number of pyridine rings is 1. The monoisotopic (exact) mass is 484 g/mol. The lowest BCUT2D eigenvalue weighted by Gasteiger charge is -2.13. The van der Waals surface area contributed by atoms with Gasteiger partial charge in [0.05, 0.1) is 22.3 Å². The van der Waals surface area contributed by atoms with E-state index in [9.17, 15) is 14.0 Å². The number of halogens is 2. The van der Waals surface area contributed by atoms with Gasteiger partial charge >= 0.3 is 0 Å². The third-order valence-corrected chi connectivity index (χ3v) is 5.56. The Bertz CT molecular complexity index is 1280. The highest BCUT2D eigenvalue weighted by Crippen LogP contribution is 2.22. The van der Waals surface area contributed by atoms with Gasteiger partial charge in [0.25, 0.3) is 5.56 Å². The molecule has 1 N–H and O–H groups in total. The van der Waals surface area contributed by atoms with Crippen molar-refractivity contribution in [1.82, 2.24) is 14.5 Å². The second kappa shape index (κ2) is 8.76. The minimum absolute atomic E-state index is 0.0176. The molecule has 0 saturated heterocycles. The van der Waals surface area contributed by atoms with E-state index in [-0.39, 0.29) is 17.2 Å². The number of para-hydroxylation sites is 1. The molecule has 0 fully saturated rings. The molecule has 0 unspecified atom stereocenters. The summed E-state index contributed by atoms with van der Waals surface area (Å²) in [6, 6.07) is 16.0. The van der Waals surface area contributed by atoms with E-state index in [1.165, 1.54) is 28.8 Å². The van der Waals surface area contributed by atoms with Crippen LogP contribution in [-0.4, -0.2) is 26.2 Å². The largest absolute Gasteiger partial charge is 0.310 e. The number of rotatable bonds is 5. The van der Waals surface area contributed by atoms with Crippen LogP contribution in [-0.2, 0) is 4.79 Å². The minimum atomic E-state index is -0.406. The molecular weight excluding hydrogens is 471 g/mol. The van der Waals surface area contributed by atoms with E-state index in [1.54, 1.807) is 42.6 Å². The summed E-state index contributed by atoms with van der Waals surface area (Å²) in [5, 5.41) is 3.48. The van der Waals surface area contributed by atoms with Gasteiger partial charge in [0.15, 0.2) is 5.16 Å². The first-order chi connectivity index (χ1) is 14.5. The van der Waals surface area contributed by atoms with Crippen molar-refractivity contribution in [3.05, 3.63) is 87.5 Å². The number of carbonyl (C=O) groups excluding carboxylic acids is 1. The minimum Gasteiger partial charge on any atom is -0.310 e. The third-order valence-electron chi connectivity index (χ3n) is 4.16. The van der Waals surface area contributed by atoms with Crippen molar-refractivity contribution in [3.63, 3.8) is 0 Å². The summed E-state index contributed by atoms with van der Waals surface area (Å²) in [7, 11) is 0. The van der Waals surface area contributed by atoms with Crippen LogP contribution in [0.1, 0.15) is 0 Å². The number of fused-ring (bicyclic) bond motifs is 1.